The Bertz CT molecular complexity index is 1290. The van der Waals surface area contributed by atoms with Crippen LogP contribution in [0.25, 0.3) is 0 Å². The van der Waals surface area contributed by atoms with E-state index in [0.717, 1.165) is 50.9 Å². The van der Waals surface area contributed by atoms with Gasteiger partial charge in [-0.15, -0.1) is 0 Å². The molecule has 6 nitrogen and oxygen atoms in total. The van der Waals surface area contributed by atoms with Crippen LogP contribution in [0.3, 0.4) is 0 Å². The molecule has 0 radical (unpaired) electrons. The summed E-state index contributed by atoms with van der Waals surface area (Å²) in [4.78, 5) is 55.9. The van der Waals surface area contributed by atoms with Crippen molar-refractivity contribution in [1.82, 2.24) is 4.90 Å². The summed E-state index contributed by atoms with van der Waals surface area (Å²) in [6.45, 7) is 9.44. The van der Waals surface area contributed by atoms with Crippen molar-refractivity contribution >= 4 is 23.3 Å². The summed E-state index contributed by atoms with van der Waals surface area (Å²) >= 11 is 0. The number of carbonyl (C=O) groups is 4. The maximum Gasteiger partial charge on any atom is 0.306 e. The maximum absolute atomic E-state index is 14.1. The second-order valence-electron chi connectivity index (χ2n) is 15.4. The van der Waals surface area contributed by atoms with Gasteiger partial charge in [-0.1, -0.05) is 51.1 Å². The van der Waals surface area contributed by atoms with E-state index >= 15 is 0 Å². The van der Waals surface area contributed by atoms with Gasteiger partial charge in [0, 0.05) is 62.4 Å². The van der Waals surface area contributed by atoms with Crippen LogP contribution in [0, 0.1) is 52.3 Å². The average molecular weight is 574 g/mol. The lowest BCUT2D eigenvalue weighted by Crippen LogP contribution is -2.60. The Morgan fingerprint density at radius 3 is 2.50 bits per heavy atom. The SMILES string of the molecule is C[C@H](CCC(=O)OC1(c2ccccc2)CN2CCC1C2)[C@H]1CC[C@H]2[C@@H]3C(=O)C[C@@H]4CC(=O)CC[C@]4(C)[C@H]3CC(=O)[C@]12C. The molecular formula is C36H47NO5. The zero-order valence-corrected chi connectivity index (χ0v) is 25.6. The molecule has 6 heteroatoms. The Hall–Kier alpha value is -2.34. The summed E-state index contributed by atoms with van der Waals surface area (Å²) in [5, 5.41) is 0. The number of benzene rings is 1. The fraction of sp³-hybridized carbons (Fsp3) is 0.722. The van der Waals surface area contributed by atoms with Crippen LogP contribution in [0.4, 0.5) is 0 Å². The van der Waals surface area contributed by atoms with Gasteiger partial charge in [0.25, 0.3) is 0 Å². The van der Waals surface area contributed by atoms with Crippen molar-refractivity contribution in [2.24, 2.45) is 52.3 Å². The minimum atomic E-state index is -0.558. The first kappa shape index (κ1) is 28.4. The number of Topliss-reactive ketones (excluding diaryl/α,β-unsaturated/α-hetero) is 3. The Balaban J connectivity index is 1.05. The van der Waals surface area contributed by atoms with Crippen molar-refractivity contribution in [3.05, 3.63) is 35.9 Å². The average Bonchev–Trinajstić information content (AvgIpc) is 3.68. The molecule has 4 aliphatic carbocycles. The molecule has 226 valence electrons. The van der Waals surface area contributed by atoms with Gasteiger partial charge in [0.2, 0.25) is 0 Å². The number of hydrogen-bond donors (Lipinski definition) is 0. The zero-order chi connectivity index (χ0) is 29.4. The Morgan fingerprint density at radius 2 is 1.79 bits per heavy atom. The van der Waals surface area contributed by atoms with Crippen LogP contribution in [-0.2, 0) is 29.5 Å². The molecule has 2 heterocycles. The molecule has 0 N–H and O–H groups in total. The number of hydrogen-bond acceptors (Lipinski definition) is 6. The molecule has 0 amide bonds. The second-order valence-corrected chi connectivity index (χ2v) is 15.4. The van der Waals surface area contributed by atoms with E-state index in [9.17, 15) is 19.2 Å². The molecule has 7 rings (SSSR count). The molecule has 42 heavy (non-hydrogen) atoms. The van der Waals surface area contributed by atoms with Crippen LogP contribution in [-0.4, -0.2) is 47.9 Å². The molecule has 0 spiro atoms. The number of ketones is 3. The van der Waals surface area contributed by atoms with E-state index in [1.807, 2.05) is 18.2 Å². The van der Waals surface area contributed by atoms with Crippen molar-refractivity contribution in [2.45, 2.75) is 90.6 Å². The van der Waals surface area contributed by atoms with Crippen molar-refractivity contribution in [2.75, 3.05) is 19.6 Å². The molecule has 4 saturated carbocycles. The molecule has 2 saturated heterocycles. The predicted molar refractivity (Wildman–Crippen MR) is 158 cm³/mol. The van der Waals surface area contributed by atoms with Crippen molar-refractivity contribution in [3.63, 3.8) is 0 Å². The number of fused-ring (bicyclic) bond motifs is 7. The van der Waals surface area contributed by atoms with Gasteiger partial charge >= 0.3 is 5.97 Å². The molecule has 1 aromatic rings. The fourth-order valence-electron chi connectivity index (χ4n) is 11.2. The third-order valence-electron chi connectivity index (χ3n) is 13.7. The van der Waals surface area contributed by atoms with Gasteiger partial charge in [0.1, 0.15) is 17.3 Å². The van der Waals surface area contributed by atoms with Crippen LogP contribution >= 0.6 is 0 Å². The lowest BCUT2D eigenvalue weighted by atomic mass is 9.44. The predicted octanol–water partition coefficient (Wildman–Crippen LogP) is 5.76. The number of ether oxygens (including phenoxy) is 1. The summed E-state index contributed by atoms with van der Waals surface area (Å²) in [6.07, 6.45) is 6.81. The first-order chi connectivity index (χ1) is 20.1. The van der Waals surface area contributed by atoms with Gasteiger partial charge in [0.05, 0.1) is 0 Å². The summed E-state index contributed by atoms with van der Waals surface area (Å²) < 4.78 is 6.42. The largest absolute Gasteiger partial charge is 0.452 e. The highest BCUT2D eigenvalue weighted by Crippen LogP contribution is 2.66. The summed E-state index contributed by atoms with van der Waals surface area (Å²) in [5.74, 6) is 1.63. The van der Waals surface area contributed by atoms with Gasteiger partial charge in [-0.2, -0.15) is 0 Å². The fourth-order valence-corrected chi connectivity index (χ4v) is 11.2. The molecule has 3 unspecified atom stereocenters. The third-order valence-corrected chi connectivity index (χ3v) is 13.7. The molecule has 6 aliphatic rings. The van der Waals surface area contributed by atoms with E-state index in [2.05, 4.69) is 37.8 Å². The van der Waals surface area contributed by atoms with E-state index < -0.39 is 11.0 Å². The molecule has 1 aromatic carbocycles. The normalized spacial score (nSPS) is 44.8. The molecule has 11 atom stereocenters. The maximum atomic E-state index is 14.1. The van der Waals surface area contributed by atoms with Crippen LogP contribution in [0.5, 0.6) is 0 Å². The number of esters is 1. The zero-order valence-electron chi connectivity index (χ0n) is 25.6. The number of piperidine rings is 1. The first-order valence-corrected chi connectivity index (χ1v) is 16.6. The Morgan fingerprint density at radius 1 is 1.00 bits per heavy atom. The molecule has 0 aromatic heterocycles. The van der Waals surface area contributed by atoms with E-state index in [0.29, 0.717) is 56.0 Å². The van der Waals surface area contributed by atoms with Crippen molar-refractivity contribution in [1.29, 1.82) is 0 Å². The Kier molecular flexibility index (Phi) is 6.84. The lowest BCUT2D eigenvalue weighted by Gasteiger charge is -2.58. The minimum absolute atomic E-state index is 0.0668. The third kappa shape index (κ3) is 4.13. The smallest absolute Gasteiger partial charge is 0.306 e. The van der Waals surface area contributed by atoms with Gasteiger partial charge in [-0.25, -0.2) is 0 Å². The Labute approximate surface area is 250 Å². The monoisotopic (exact) mass is 573 g/mol. The highest BCUT2D eigenvalue weighted by Gasteiger charge is 2.66. The molecule has 6 fully saturated rings. The van der Waals surface area contributed by atoms with Gasteiger partial charge in [-0.3, -0.25) is 24.1 Å². The lowest BCUT2D eigenvalue weighted by molar-refractivity contribution is -0.167. The first-order valence-electron chi connectivity index (χ1n) is 16.6. The number of rotatable bonds is 6. The van der Waals surface area contributed by atoms with Crippen LogP contribution in [0.1, 0.15) is 90.5 Å². The summed E-state index contributed by atoms with van der Waals surface area (Å²) in [7, 11) is 0. The van der Waals surface area contributed by atoms with Crippen molar-refractivity contribution < 1.29 is 23.9 Å². The van der Waals surface area contributed by atoms with Gasteiger partial charge in [0.15, 0.2) is 5.60 Å². The summed E-state index contributed by atoms with van der Waals surface area (Å²) in [6, 6.07) is 10.3. The quantitative estimate of drug-likeness (QED) is 0.403. The molecule has 2 bridgehead atoms. The highest BCUT2D eigenvalue weighted by atomic mass is 16.6. The highest BCUT2D eigenvalue weighted by molar-refractivity contribution is 5.93. The van der Waals surface area contributed by atoms with E-state index in [1.54, 1.807) is 0 Å². The van der Waals surface area contributed by atoms with Crippen LogP contribution < -0.4 is 0 Å². The number of carbonyl (C=O) groups excluding carboxylic acids is 4. The topological polar surface area (TPSA) is 80.8 Å². The number of nitrogens with zero attached hydrogens (tertiary/aromatic N) is 1. The molecular weight excluding hydrogens is 526 g/mol. The van der Waals surface area contributed by atoms with Crippen molar-refractivity contribution in [3.8, 4) is 0 Å². The molecule has 2 aliphatic heterocycles. The van der Waals surface area contributed by atoms with Gasteiger partial charge in [-0.05, 0) is 79.2 Å². The van der Waals surface area contributed by atoms with Gasteiger partial charge < -0.3 is 4.74 Å². The van der Waals surface area contributed by atoms with Crippen LogP contribution in [0.15, 0.2) is 30.3 Å². The summed E-state index contributed by atoms with van der Waals surface area (Å²) in [5.41, 5.74) is -0.0705. The standard InChI is InChI=1S/C36H47NO5/c1-22(9-12-32(41)42-36(23-7-5-4-6-8-23)21-37-16-14-24(36)20-37)27-10-11-28-33-29(19-31(40)35(27,28)3)34(2)15-13-26(38)17-25(34)18-30(33)39/h4-8,22,24-25,27-29,33H,9-21H2,1-3H3/t22-,24?,25+,27-,28+,29+,33+,34+,35-,36?/m1/s1. The second kappa shape index (κ2) is 10.1. The van der Waals surface area contributed by atoms with Crippen LogP contribution in [0.2, 0.25) is 0 Å². The van der Waals surface area contributed by atoms with E-state index in [1.165, 1.54) is 0 Å². The van der Waals surface area contributed by atoms with E-state index in [-0.39, 0.29) is 52.7 Å². The minimum Gasteiger partial charge on any atom is -0.452 e. The van der Waals surface area contributed by atoms with E-state index in [4.69, 9.17) is 4.74 Å².